The highest BCUT2D eigenvalue weighted by Gasteiger charge is 2.39. The molecule has 0 aliphatic carbocycles. The van der Waals surface area contributed by atoms with Gasteiger partial charge in [-0.3, -0.25) is 4.68 Å². The standard InChI is InChI=1S/C10H21N3O2SSi/c1-10(2,3)17(5,6)12-16(14,15)9-7-11-13(4)8-9/h7-8,12H,1-6H3. The van der Waals surface area contributed by atoms with Crippen LogP contribution in [0.4, 0.5) is 0 Å². The summed E-state index contributed by atoms with van der Waals surface area (Å²) in [6.45, 7) is 10.2. The Bertz CT molecular complexity index is 500. The largest absolute Gasteiger partial charge is 0.274 e. The molecule has 0 atom stereocenters. The fourth-order valence-electron chi connectivity index (χ4n) is 1.09. The van der Waals surface area contributed by atoms with Gasteiger partial charge in [0.05, 0.1) is 6.20 Å². The van der Waals surface area contributed by atoms with Crippen LogP contribution in [0.2, 0.25) is 18.1 Å². The molecule has 0 saturated heterocycles. The van der Waals surface area contributed by atoms with Crippen molar-refractivity contribution in [1.82, 2.24) is 14.2 Å². The molecule has 7 heteroatoms. The zero-order valence-electron chi connectivity index (χ0n) is 11.3. The van der Waals surface area contributed by atoms with Crippen molar-refractivity contribution in [1.29, 1.82) is 0 Å². The Labute approximate surface area is 104 Å². The van der Waals surface area contributed by atoms with Gasteiger partial charge < -0.3 is 0 Å². The number of hydrogen-bond donors (Lipinski definition) is 1. The number of aromatic nitrogens is 2. The molecule has 0 fully saturated rings. The smallest absolute Gasteiger partial charge is 0.237 e. The van der Waals surface area contributed by atoms with E-state index < -0.39 is 18.3 Å². The van der Waals surface area contributed by atoms with E-state index in [1.54, 1.807) is 7.05 Å². The molecular weight excluding hydrogens is 254 g/mol. The number of aryl methyl sites for hydroxylation is 1. The Kier molecular flexibility index (Phi) is 3.57. The van der Waals surface area contributed by atoms with E-state index in [-0.39, 0.29) is 9.93 Å². The first-order chi connectivity index (χ1) is 7.46. The molecule has 0 saturated carbocycles. The minimum absolute atomic E-state index is 0.0394. The van der Waals surface area contributed by atoms with Gasteiger partial charge in [0, 0.05) is 13.2 Å². The number of nitrogens with one attached hydrogen (secondary N) is 1. The molecule has 98 valence electrons. The molecule has 0 unspecified atom stereocenters. The van der Waals surface area contributed by atoms with Crippen molar-refractivity contribution in [3.8, 4) is 0 Å². The summed E-state index contributed by atoms with van der Waals surface area (Å²) in [6, 6.07) is 0. The summed E-state index contributed by atoms with van der Waals surface area (Å²) in [6.07, 6.45) is 2.88. The van der Waals surface area contributed by atoms with Crippen molar-refractivity contribution in [2.45, 2.75) is 43.8 Å². The first-order valence-electron chi connectivity index (χ1n) is 5.48. The fraction of sp³-hybridized carbons (Fsp3) is 0.700. The molecule has 0 aromatic carbocycles. The summed E-state index contributed by atoms with van der Waals surface area (Å²) in [5, 5.41) is 3.85. The van der Waals surface area contributed by atoms with Crippen LogP contribution in [-0.2, 0) is 17.1 Å². The van der Waals surface area contributed by atoms with Gasteiger partial charge in [-0.05, 0) is 5.04 Å². The highest BCUT2D eigenvalue weighted by Crippen LogP contribution is 2.34. The Morgan fingerprint density at radius 1 is 1.35 bits per heavy atom. The van der Waals surface area contributed by atoms with E-state index in [1.807, 2.05) is 13.1 Å². The molecule has 5 nitrogen and oxygen atoms in total. The normalized spacial score (nSPS) is 14.0. The maximum absolute atomic E-state index is 12.2. The molecule has 1 heterocycles. The molecule has 17 heavy (non-hydrogen) atoms. The number of sulfonamides is 1. The van der Waals surface area contributed by atoms with Crippen LogP contribution in [0.3, 0.4) is 0 Å². The summed E-state index contributed by atoms with van der Waals surface area (Å²) in [5.41, 5.74) is 0. The lowest BCUT2D eigenvalue weighted by atomic mass is 10.2. The predicted octanol–water partition coefficient (Wildman–Crippen LogP) is 1.70. The summed E-state index contributed by atoms with van der Waals surface area (Å²) in [5.74, 6) is 0. The second-order valence-corrected chi connectivity index (χ2v) is 12.9. The van der Waals surface area contributed by atoms with Gasteiger partial charge in [-0.2, -0.15) is 5.10 Å². The quantitative estimate of drug-likeness (QED) is 0.854. The van der Waals surface area contributed by atoms with Crippen molar-refractivity contribution in [3.63, 3.8) is 0 Å². The first kappa shape index (κ1) is 14.4. The predicted molar refractivity (Wildman–Crippen MR) is 70.7 cm³/mol. The number of rotatable bonds is 3. The highest BCUT2D eigenvalue weighted by molar-refractivity contribution is 7.91. The van der Waals surface area contributed by atoms with Gasteiger partial charge in [-0.25, -0.2) is 12.8 Å². The molecule has 0 aliphatic rings. The molecule has 1 aromatic rings. The van der Waals surface area contributed by atoms with Gasteiger partial charge in [0.25, 0.3) is 0 Å². The van der Waals surface area contributed by atoms with E-state index >= 15 is 0 Å². The van der Waals surface area contributed by atoms with Crippen LogP contribution in [-0.4, -0.2) is 26.4 Å². The fourth-order valence-corrected chi connectivity index (χ4v) is 5.95. The lowest BCUT2D eigenvalue weighted by Gasteiger charge is -2.36. The van der Waals surface area contributed by atoms with Crippen LogP contribution in [0.25, 0.3) is 0 Å². The highest BCUT2D eigenvalue weighted by atomic mass is 32.2. The van der Waals surface area contributed by atoms with Crippen molar-refractivity contribution in [2.75, 3.05) is 0 Å². The molecule has 0 bridgehead atoms. The average molecular weight is 275 g/mol. The second kappa shape index (κ2) is 4.22. The first-order valence-corrected chi connectivity index (χ1v) is 9.97. The van der Waals surface area contributed by atoms with Crippen LogP contribution >= 0.6 is 0 Å². The maximum Gasteiger partial charge on any atom is 0.237 e. The SMILES string of the molecule is Cn1cc(S(=O)(=O)N[Si](C)(C)C(C)(C)C)cn1. The summed E-state index contributed by atoms with van der Waals surface area (Å²) in [7, 11) is -3.84. The Balaban J connectivity index is 3.03. The zero-order chi connectivity index (χ0) is 13.5. The Morgan fingerprint density at radius 2 is 1.88 bits per heavy atom. The minimum Gasteiger partial charge on any atom is -0.274 e. The van der Waals surface area contributed by atoms with Gasteiger partial charge in [0.15, 0.2) is 0 Å². The topological polar surface area (TPSA) is 64.0 Å². The van der Waals surface area contributed by atoms with Gasteiger partial charge in [0.2, 0.25) is 10.0 Å². The third-order valence-electron chi connectivity index (χ3n) is 3.26. The zero-order valence-corrected chi connectivity index (χ0v) is 13.1. The van der Waals surface area contributed by atoms with Crippen molar-refractivity contribution in [2.24, 2.45) is 7.05 Å². The number of nitrogens with zero attached hydrogens (tertiary/aromatic N) is 2. The van der Waals surface area contributed by atoms with E-state index in [9.17, 15) is 8.42 Å². The third-order valence-corrected chi connectivity index (χ3v) is 11.0. The summed E-state index contributed by atoms with van der Waals surface area (Å²) >= 11 is 0. The van der Waals surface area contributed by atoms with E-state index in [2.05, 4.69) is 30.3 Å². The van der Waals surface area contributed by atoms with Crippen LogP contribution in [0.5, 0.6) is 0 Å². The second-order valence-electron chi connectivity index (χ2n) is 5.83. The van der Waals surface area contributed by atoms with Crippen LogP contribution in [0.15, 0.2) is 17.3 Å². The molecule has 1 rings (SSSR count). The van der Waals surface area contributed by atoms with Gasteiger partial charge in [-0.1, -0.05) is 33.9 Å². The van der Waals surface area contributed by atoms with E-state index in [0.29, 0.717) is 0 Å². The molecule has 0 aliphatic heterocycles. The molecular formula is C10H21N3O2SSi. The van der Waals surface area contributed by atoms with E-state index in [0.717, 1.165) is 0 Å². The molecule has 0 radical (unpaired) electrons. The molecule has 0 amide bonds. The van der Waals surface area contributed by atoms with Gasteiger partial charge >= 0.3 is 0 Å². The van der Waals surface area contributed by atoms with Gasteiger partial charge in [0.1, 0.15) is 13.1 Å². The lowest BCUT2D eigenvalue weighted by Crippen LogP contribution is -2.54. The average Bonchev–Trinajstić information content (AvgIpc) is 2.48. The van der Waals surface area contributed by atoms with Crippen molar-refractivity contribution in [3.05, 3.63) is 12.4 Å². The maximum atomic E-state index is 12.2. The Hall–Kier alpha value is -0.663. The monoisotopic (exact) mass is 275 g/mol. The molecule has 1 aromatic heterocycles. The Morgan fingerprint density at radius 3 is 2.24 bits per heavy atom. The van der Waals surface area contributed by atoms with Crippen LogP contribution < -0.4 is 4.39 Å². The molecule has 1 N–H and O–H groups in total. The number of hydrogen-bond acceptors (Lipinski definition) is 3. The summed E-state index contributed by atoms with van der Waals surface area (Å²) < 4.78 is 28.7. The van der Waals surface area contributed by atoms with E-state index in [1.165, 1.54) is 17.1 Å². The minimum atomic E-state index is -3.45. The van der Waals surface area contributed by atoms with Gasteiger partial charge in [-0.15, -0.1) is 0 Å². The molecule has 0 spiro atoms. The lowest BCUT2D eigenvalue weighted by molar-refractivity contribution is 0.589. The third kappa shape index (κ3) is 3.17. The van der Waals surface area contributed by atoms with E-state index in [4.69, 9.17) is 0 Å². The van der Waals surface area contributed by atoms with Crippen molar-refractivity contribution >= 4 is 18.3 Å². The van der Waals surface area contributed by atoms with Crippen molar-refractivity contribution < 1.29 is 8.42 Å². The van der Waals surface area contributed by atoms with Crippen LogP contribution in [0.1, 0.15) is 20.8 Å². The van der Waals surface area contributed by atoms with Crippen LogP contribution in [0, 0.1) is 0 Å². The summed E-state index contributed by atoms with van der Waals surface area (Å²) in [4.78, 5) is 0.227.